The Morgan fingerprint density at radius 1 is 1.31 bits per heavy atom. The van der Waals surface area contributed by atoms with E-state index in [1.54, 1.807) is 6.92 Å². The molecule has 1 aromatic rings. The zero-order valence-corrected chi connectivity index (χ0v) is 7.07. The average molecular weight is 179 g/mol. The van der Waals surface area contributed by atoms with Gasteiger partial charge in [-0.3, -0.25) is 14.6 Å². The van der Waals surface area contributed by atoms with Crippen molar-refractivity contribution in [1.82, 2.24) is 4.98 Å². The summed E-state index contributed by atoms with van der Waals surface area (Å²) in [6.45, 7) is 1.63. The number of aromatic nitrogens is 1. The molecule has 0 radical (unpaired) electrons. The molecule has 1 rings (SSSR count). The lowest BCUT2D eigenvalue weighted by Crippen LogP contribution is -2.17. The standard InChI is InChI=1S/C8H9N3O2/c1-4-6(8(10)13)2-5(3-11-4)7(9)12/h2-3H,1H3,(H2,9,12)(H2,10,13). The first-order valence-corrected chi connectivity index (χ1v) is 3.58. The quantitative estimate of drug-likeness (QED) is 0.645. The van der Waals surface area contributed by atoms with E-state index in [0.29, 0.717) is 5.69 Å². The molecule has 5 heteroatoms. The topological polar surface area (TPSA) is 99.1 Å². The number of nitrogens with two attached hydrogens (primary N) is 2. The Kier molecular flexibility index (Phi) is 2.27. The molecule has 0 aliphatic rings. The highest BCUT2D eigenvalue weighted by atomic mass is 16.1. The van der Waals surface area contributed by atoms with Crippen LogP contribution < -0.4 is 11.5 Å². The lowest BCUT2D eigenvalue weighted by molar-refractivity contribution is 0.0998. The molecule has 0 unspecified atom stereocenters. The summed E-state index contributed by atoms with van der Waals surface area (Å²) in [5, 5.41) is 0. The molecule has 0 aromatic carbocycles. The van der Waals surface area contributed by atoms with Crippen LogP contribution in [-0.2, 0) is 0 Å². The van der Waals surface area contributed by atoms with Crippen LogP contribution in [0.3, 0.4) is 0 Å². The molecule has 1 aromatic heterocycles. The van der Waals surface area contributed by atoms with E-state index in [1.165, 1.54) is 12.3 Å². The van der Waals surface area contributed by atoms with E-state index in [-0.39, 0.29) is 11.1 Å². The zero-order valence-electron chi connectivity index (χ0n) is 7.07. The lowest BCUT2D eigenvalue weighted by atomic mass is 10.1. The van der Waals surface area contributed by atoms with Crippen molar-refractivity contribution >= 4 is 11.8 Å². The number of nitrogens with zero attached hydrogens (tertiary/aromatic N) is 1. The second-order valence-corrected chi connectivity index (χ2v) is 2.59. The van der Waals surface area contributed by atoms with Crippen LogP contribution >= 0.6 is 0 Å². The summed E-state index contributed by atoms with van der Waals surface area (Å²) in [5.41, 5.74) is 10.9. The van der Waals surface area contributed by atoms with E-state index in [9.17, 15) is 9.59 Å². The highest BCUT2D eigenvalue weighted by molar-refractivity contribution is 5.98. The minimum atomic E-state index is -0.630. The summed E-state index contributed by atoms with van der Waals surface area (Å²) in [4.78, 5) is 25.4. The van der Waals surface area contributed by atoms with Crippen LogP contribution in [0.1, 0.15) is 26.4 Å². The molecule has 0 atom stereocenters. The number of pyridine rings is 1. The fraction of sp³-hybridized carbons (Fsp3) is 0.125. The number of amides is 2. The second-order valence-electron chi connectivity index (χ2n) is 2.59. The fourth-order valence-electron chi connectivity index (χ4n) is 0.917. The van der Waals surface area contributed by atoms with Crippen LogP contribution in [0.15, 0.2) is 12.3 Å². The predicted octanol–water partition coefficient (Wildman–Crippen LogP) is -0.412. The van der Waals surface area contributed by atoms with E-state index in [2.05, 4.69) is 4.98 Å². The third-order valence-corrected chi connectivity index (χ3v) is 1.64. The summed E-state index contributed by atoms with van der Waals surface area (Å²) in [5.74, 6) is -1.25. The number of carbonyl (C=O) groups is 2. The molecule has 4 N–H and O–H groups in total. The van der Waals surface area contributed by atoms with Crippen LogP contribution in [0.2, 0.25) is 0 Å². The summed E-state index contributed by atoms with van der Waals surface area (Å²) in [6.07, 6.45) is 1.31. The van der Waals surface area contributed by atoms with Gasteiger partial charge in [-0.25, -0.2) is 0 Å². The van der Waals surface area contributed by atoms with Crippen molar-refractivity contribution in [2.75, 3.05) is 0 Å². The van der Waals surface area contributed by atoms with Gasteiger partial charge in [-0.15, -0.1) is 0 Å². The summed E-state index contributed by atoms with van der Waals surface area (Å²) >= 11 is 0. The van der Waals surface area contributed by atoms with Crippen LogP contribution in [-0.4, -0.2) is 16.8 Å². The number of aryl methyl sites for hydroxylation is 1. The molecule has 13 heavy (non-hydrogen) atoms. The zero-order chi connectivity index (χ0) is 10.0. The van der Waals surface area contributed by atoms with Crippen LogP contribution in [0.25, 0.3) is 0 Å². The Hall–Kier alpha value is -1.91. The molecular formula is C8H9N3O2. The van der Waals surface area contributed by atoms with Gasteiger partial charge in [-0.05, 0) is 13.0 Å². The molecule has 0 aliphatic heterocycles. The molecule has 0 saturated heterocycles. The first-order chi connectivity index (χ1) is 6.02. The van der Waals surface area contributed by atoms with Gasteiger partial charge >= 0.3 is 0 Å². The van der Waals surface area contributed by atoms with Crippen molar-refractivity contribution in [2.45, 2.75) is 6.92 Å². The lowest BCUT2D eigenvalue weighted by Gasteiger charge is -2.01. The highest BCUT2D eigenvalue weighted by Gasteiger charge is 2.09. The van der Waals surface area contributed by atoms with Crippen molar-refractivity contribution in [1.29, 1.82) is 0 Å². The van der Waals surface area contributed by atoms with Crippen molar-refractivity contribution in [3.8, 4) is 0 Å². The number of hydrogen-bond donors (Lipinski definition) is 2. The van der Waals surface area contributed by atoms with Gasteiger partial charge in [0.05, 0.1) is 16.8 Å². The molecule has 0 spiro atoms. The van der Waals surface area contributed by atoms with Crippen molar-refractivity contribution in [3.05, 3.63) is 29.1 Å². The molecule has 5 nitrogen and oxygen atoms in total. The maximum Gasteiger partial charge on any atom is 0.250 e. The van der Waals surface area contributed by atoms with E-state index >= 15 is 0 Å². The predicted molar refractivity (Wildman–Crippen MR) is 46.0 cm³/mol. The Balaban J connectivity index is 3.27. The molecule has 2 amide bonds. The van der Waals surface area contributed by atoms with E-state index in [1.807, 2.05) is 0 Å². The van der Waals surface area contributed by atoms with Gasteiger partial charge in [-0.2, -0.15) is 0 Å². The van der Waals surface area contributed by atoms with Crippen molar-refractivity contribution in [3.63, 3.8) is 0 Å². The minimum Gasteiger partial charge on any atom is -0.366 e. The van der Waals surface area contributed by atoms with Crippen LogP contribution in [0.4, 0.5) is 0 Å². The van der Waals surface area contributed by atoms with Gasteiger partial charge in [0.25, 0.3) is 5.91 Å². The Morgan fingerprint density at radius 3 is 2.38 bits per heavy atom. The Labute approximate surface area is 74.7 Å². The second kappa shape index (κ2) is 3.22. The smallest absolute Gasteiger partial charge is 0.250 e. The fourth-order valence-corrected chi connectivity index (χ4v) is 0.917. The SMILES string of the molecule is Cc1ncc(C(N)=O)cc1C(N)=O. The molecule has 0 aliphatic carbocycles. The number of carbonyl (C=O) groups excluding carboxylic acids is 2. The van der Waals surface area contributed by atoms with Gasteiger partial charge in [0.1, 0.15) is 0 Å². The first-order valence-electron chi connectivity index (χ1n) is 3.58. The monoisotopic (exact) mass is 179 g/mol. The average Bonchev–Trinajstić information content (AvgIpc) is 2.04. The number of hydrogen-bond acceptors (Lipinski definition) is 3. The molecule has 68 valence electrons. The highest BCUT2D eigenvalue weighted by Crippen LogP contribution is 2.06. The van der Waals surface area contributed by atoms with Gasteiger partial charge in [-0.1, -0.05) is 0 Å². The molecular weight excluding hydrogens is 170 g/mol. The normalized spacial score (nSPS) is 9.62. The summed E-state index contributed by atoms with van der Waals surface area (Å²) < 4.78 is 0. The number of primary amides is 2. The van der Waals surface area contributed by atoms with Gasteiger partial charge in [0.2, 0.25) is 5.91 Å². The molecule has 0 bridgehead atoms. The maximum atomic E-state index is 10.8. The summed E-state index contributed by atoms with van der Waals surface area (Å²) in [7, 11) is 0. The largest absolute Gasteiger partial charge is 0.366 e. The van der Waals surface area contributed by atoms with Crippen molar-refractivity contribution < 1.29 is 9.59 Å². The van der Waals surface area contributed by atoms with E-state index in [4.69, 9.17) is 11.5 Å². The van der Waals surface area contributed by atoms with E-state index < -0.39 is 11.8 Å². The molecule has 0 saturated carbocycles. The molecule has 1 heterocycles. The number of rotatable bonds is 2. The Morgan fingerprint density at radius 2 is 1.92 bits per heavy atom. The van der Waals surface area contributed by atoms with Crippen molar-refractivity contribution in [2.24, 2.45) is 11.5 Å². The summed E-state index contributed by atoms with van der Waals surface area (Å²) in [6, 6.07) is 1.34. The van der Waals surface area contributed by atoms with Gasteiger partial charge in [0, 0.05) is 6.20 Å². The minimum absolute atomic E-state index is 0.180. The van der Waals surface area contributed by atoms with Gasteiger partial charge in [0.15, 0.2) is 0 Å². The van der Waals surface area contributed by atoms with Crippen LogP contribution in [0, 0.1) is 6.92 Å². The third kappa shape index (κ3) is 1.81. The molecule has 0 fully saturated rings. The first kappa shape index (κ1) is 9.18. The third-order valence-electron chi connectivity index (χ3n) is 1.64. The van der Waals surface area contributed by atoms with E-state index in [0.717, 1.165) is 0 Å². The van der Waals surface area contributed by atoms with Crippen LogP contribution in [0.5, 0.6) is 0 Å². The Bertz CT molecular complexity index is 374. The van der Waals surface area contributed by atoms with Gasteiger partial charge < -0.3 is 11.5 Å². The maximum absolute atomic E-state index is 10.8.